The van der Waals surface area contributed by atoms with Gasteiger partial charge >= 0.3 is 0 Å². The molecule has 0 fully saturated rings. The number of carbonyl (C=O) groups is 1. The lowest BCUT2D eigenvalue weighted by Gasteiger charge is -2.10. The first-order valence-corrected chi connectivity index (χ1v) is 8.64. The standard InChI is InChI=1S/C20H23N3O2/c1-2-25-15-14-23-18-11-7-6-10-17(18)22-19(23)12-13-21-20(24)16-8-4-3-5-9-16/h3-11H,2,12-15H2,1H3,(H,21,24). The molecule has 0 aliphatic heterocycles. The van der Waals surface area contributed by atoms with Crippen LogP contribution in [-0.4, -0.2) is 35.2 Å². The van der Waals surface area contributed by atoms with Crippen molar-refractivity contribution in [3.05, 3.63) is 66.0 Å². The van der Waals surface area contributed by atoms with E-state index in [0.29, 0.717) is 31.7 Å². The molecule has 0 spiro atoms. The molecular weight excluding hydrogens is 314 g/mol. The van der Waals surface area contributed by atoms with Crippen molar-refractivity contribution in [2.45, 2.75) is 19.9 Å². The molecule has 5 nitrogen and oxygen atoms in total. The number of para-hydroxylation sites is 2. The molecule has 130 valence electrons. The second-order valence-electron chi connectivity index (χ2n) is 5.74. The highest BCUT2D eigenvalue weighted by Crippen LogP contribution is 2.16. The lowest BCUT2D eigenvalue weighted by atomic mass is 10.2. The summed E-state index contributed by atoms with van der Waals surface area (Å²) in [5.74, 6) is 0.909. The van der Waals surface area contributed by atoms with Gasteiger partial charge in [-0.15, -0.1) is 0 Å². The second-order valence-corrected chi connectivity index (χ2v) is 5.74. The molecule has 0 radical (unpaired) electrons. The number of imidazole rings is 1. The predicted molar refractivity (Wildman–Crippen MR) is 98.7 cm³/mol. The van der Waals surface area contributed by atoms with Gasteiger partial charge in [0.25, 0.3) is 5.91 Å². The Morgan fingerprint density at radius 1 is 1.12 bits per heavy atom. The topological polar surface area (TPSA) is 56.1 Å². The van der Waals surface area contributed by atoms with Crippen LogP contribution >= 0.6 is 0 Å². The van der Waals surface area contributed by atoms with Gasteiger partial charge in [-0.1, -0.05) is 30.3 Å². The highest BCUT2D eigenvalue weighted by molar-refractivity contribution is 5.94. The van der Waals surface area contributed by atoms with E-state index in [1.165, 1.54) is 0 Å². The van der Waals surface area contributed by atoms with Gasteiger partial charge in [0.15, 0.2) is 0 Å². The van der Waals surface area contributed by atoms with Crippen molar-refractivity contribution in [3.8, 4) is 0 Å². The molecule has 0 bridgehead atoms. The molecule has 0 saturated carbocycles. The van der Waals surface area contributed by atoms with Gasteiger partial charge in [0.1, 0.15) is 5.82 Å². The van der Waals surface area contributed by atoms with Crippen LogP contribution in [0.25, 0.3) is 11.0 Å². The van der Waals surface area contributed by atoms with Gasteiger partial charge in [-0.05, 0) is 31.2 Å². The van der Waals surface area contributed by atoms with E-state index in [2.05, 4.69) is 16.0 Å². The molecule has 25 heavy (non-hydrogen) atoms. The van der Waals surface area contributed by atoms with Crippen molar-refractivity contribution in [1.29, 1.82) is 0 Å². The number of aromatic nitrogens is 2. The van der Waals surface area contributed by atoms with Crippen LogP contribution in [0.2, 0.25) is 0 Å². The monoisotopic (exact) mass is 337 g/mol. The fraction of sp³-hybridized carbons (Fsp3) is 0.300. The Kier molecular flexibility index (Phi) is 5.80. The van der Waals surface area contributed by atoms with Crippen molar-refractivity contribution in [3.63, 3.8) is 0 Å². The van der Waals surface area contributed by atoms with Crippen molar-refractivity contribution >= 4 is 16.9 Å². The van der Waals surface area contributed by atoms with Crippen LogP contribution in [0.1, 0.15) is 23.1 Å². The smallest absolute Gasteiger partial charge is 0.251 e. The molecule has 2 aromatic carbocycles. The molecule has 1 N–H and O–H groups in total. The van der Waals surface area contributed by atoms with E-state index in [0.717, 1.165) is 23.4 Å². The van der Waals surface area contributed by atoms with Crippen LogP contribution in [0, 0.1) is 0 Å². The van der Waals surface area contributed by atoms with Gasteiger partial charge in [-0.3, -0.25) is 4.79 Å². The third-order valence-corrected chi connectivity index (χ3v) is 4.07. The Morgan fingerprint density at radius 2 is 1.88 bits per heavy atom. The van der Waals surface area contributed by atoms with E-state index < -0.39 is 0 Å². The average molecular weight is 337 g/mol. The summed E-state index contributed by atoms with van der Waals surface area (Å²) >= 11 is 0. The van der Waals surface area contributed by atoms with Crippen LogP contribution in [-0.2, 0) is 17.7 Å². The Balaban J connectivity index is 1.68. The lowest BCUT2D eigenvalue weighted by Crippen LogP contribution is -2.26. The summed E-state index contributed by atoms with van der Waals surface area (Å²) in [6, 6.07) is 17.3. The Morgan fingerprint density at radius 3 is 2.68 bits per heavy atom. The number of rotatable bonds is 8. The fourth-order valence-corrected chi connectivity index (χ4v) is 2.85. The third-order valence-electron chi connectivity index (χ3n) is 4.07. The van der Waals surface area contributed by atoms with Gasteiger partial charge < -0.3 is 14.6 Å². The van der Waals surface area contributed by atoms with Crippen molar-refractivity contribution in [2.24, 2.45) is 0 Å². The first-order valence-electron chi connectivity index (χ1n) is 8.64. The number of nitrogens with one attached hydrogen (secondary N) is 1. The Hall–Kier alpha value is -2.66. The molecule has 1 amide bonds. The molecule has 0 saturated heterocycles. The minimum absolute atomic E-state index is 0.0578. The molecule has 0 atom stereocenters. The lowest BCUT2D eigenvalue weighted by molar-refractivity contribution is 0.0953. The number of hydrogen-bond donors (Lipinski definition) is 1. The van der Waals surface area contributed by atoms with Gasteiger partial charge in [-0.2, -0.15) is 0 Å². The first kappa shape index (κ1) is 17.2. The Bertz CT molecular complexity index is 827. The van der Waals surface area contributed by atoms with Gasteiger partial charge in [0.05, 0.1) is 17.6 Å². The van der Waals surface area contributed by atoms with E-state index in [4.69, 9.17) is 9.72 Å². The minimum Gasteiger partial charge on any atom is -0.380 e. The predicted octanol–water partition coefficient (Wildman–Crippen LogP) is 3.05. The first-order chi connectivity index (χ1) is 12.3. The summed E-state index contributed by atoms with van der Waals surface area (Å²) in [5, 5.41) is 2.96. The molecule has 0 aliphatic rings. The summed E-state index contributed by atoms with van der Waals surface area (Å²) in [4.78, 5) is 16.9. The Labute approximate surface area is 147 Å². The maximum atomic E-state index is 12.1. The molecule has 3 aromatic rings. The van der Waals surface area contributed by atoms with Crippen LogP contribution in [0.4, 0.5) is 0 Å². The van der Waals surface area contributed by atoms with E-state index in [-0.39, 0.29) is 5.91 Å². The normalized spacial score (nSPS) is 10.9. The molecular formula is C20H23N3O2. The highest BCUT2D eigenvalue weighted by Gasteiger charge is 2.11. The largest absolute Gasteiger partial charge is 0.380 e. The second kappa shape index (κ2) is 8.44. The maximum absolute atomic E-state index is 12.1. The van der Waals surface area contributed by atoms with Gasteiger partial charge in [-0.25, -0.2) is 4.98 Å². The average Bonchev–Trinajstić information content (AvgIpc) is 3.00. The molecule has 0 unspecified atom stereocenters. The van der Waals surface area contributed by atoms with Gasteiger partial charge in [0, 0.05) is 31.7 Å². The number of nitrogens with zero attached hydrogens (tertiary/aromatic N) is 2. The zero-order valence-corrected chi connectivity index (χ0v) is 14.4. The third kappa shape index (κ3) is 4.25. The van der Waals surface area contributed by atoms with E-state index in [1.54, 1.807) is 0 Å². The van der Waals surface area contributed by atoms with Gasteiger partial charge in [0.2, 0.25) is 0 Å². The van der Waals surface area contributed by atoms with Crippen LogP contribution in [0.5, 0.6) is 0 Å². The maximum Gasteiger partial charge on any atom is 0.251 e. The molecule has 5 heteroatoms. The fourth-order valence-electron chi connectivity index (χ4n) is 2.85. The van der Waals surface area contributed by atoms with E-state index in [9.17, 15) is 4.79 Å². The quantitative estimate of drug-likeness (QED) is 0.643. The summed E-state index contributed by atoms with van der Waals surface area (Å²) < 4.78 is 7.67. The van der Waals surface area contributed by atoms with Crippen molar-refractivity contribution in [2.75, 3.05) is 19.8 Å². The number of fused-ring (bicyclic) bond motifs is 1. The number of ether oxygens (including phenoxy) is 1. The van der Waals surface area contributed by atoms with Crippen LogP contribution in [0.15, 0.2) is 54.6 Å². The van der Waals surface area contributed by atoms with Crippen molar-refractivity contribution in [1.82, 2.24) is 14.9 Å². The molecule has 1 heterocycles. The minimum atomic E-state index is -0.0578. The number of amides is 1. The van der Waals surface area contributed by atoms with E-state index in [1.807, 2.05) is 55.5 Å². The zero-order chi connectivity index (χ0) is 17.5. The van der Waals surface area contributed by atoms with Crippen molar-refractivity contribution < 1.29 is 9.53 Å². The highest BCUT2D eigenvalue weighted by atomic mass is 16.5. The number of benzene rings is 2. The number of carbonyl (C=O) groups excluding carboxylic acids is 1. The molecule has 0 aliphatic carbocycles. The van der Waals surface area contributed by atoms with E-state index >= 15 is 0 Å². The van der Waals surface area contributed by atoms with Crippen LogP contribution < -0.4 is 5.32 Å². The molecule has 1 aromatic heterocycles. The summed E-state index contributed by atoms with van der Waals surface area (Å²) in [7, 11) is 0. The summed E-state index contributed by atoms with van der Waals surface area (Å²) in [5.41, 5.74) is 2.75. The SMILES string of the molecule is CCOCCn1c(CCNC(=O)c2ccccc2)nc2ccccc21. The molecule has 3 rings (SSSR count). The summed E-state index contributed by atoms with van der Waals surface area (Å²) in [6.45, 7) is 4.66. The zero-order valence-electron chi connectivity index (χ0n) is 14.4. The summed E-state index contributed by atoms with van der Waals surface area (Å²) in [6.07, 6.45) is 0.680. The number of hydrogen-bond acceptors (Lipinski definition) is 3. The van der Waals surface area contributed by atoms with Crippen LogP contribution in [0.3, 0.4) is 0 Å².